The van der Waals surface area contributed by atoms with Crippen molar-refractivity contribution in [1.29, 1.82) is 0 Å². The smallest absolute Gasteiger partial charge is 0.278 e. The molecule has 23 heavy (non-hydrogen) atoms. The molecule has 1 aromatic carbocycles. The number of nitrogens with zero attached hydrogens (tertiary/aromatic N) is 3. The highest BCUT2D eigenvalue weighted by Gasteiger charge is 2.18. The molecule has 0 unspecified atom stereocenters. The van der Waals surface area contributed by atoms with Gasteiger partial charge < -0.3 is 5.32 Å². The summed E-state index contributed by atoms with van der Waals surface area (Å²) < 4.78 is 28.0. The number of hydrogen-bond donors (Lipinski definition) is 1. The van der Waals surface area contributed by atoms with E-state index in [-0.39, 0.29) is 0 Å². The third-order valence-electron chi connectivity index (χ3n) is 3.28. The fraction of sp³-hybridized carbons (Fsp3) is 0.0625. The maximum Gasteiger partial charge on any atom is 0.278 e. The third-order valence-corrected chi connectivity index (χ3v) is 3.28. The van der Waals surface area contributed by atoms with Crippen LogP contribution >= 0.6 is 0 Å². The van der Waals surface area contributed by atoms with Crippen LogP contribution < -0.4 is 5.32 Å². The Kier molecular flexibility index (Phi) is 3.84. The molecule has 7 heteroatoms. The molecular weight excluding hydrogens is 302 g/mol. The molecule has 1 N–H and O–H groups in total. The van der Waals surface area contributed by atoms with Crippen LogP contribution in [-0.4, -0.2) is 20.7 Å². The van der Waals surface area contributed by atoms with Crippen LogP contribution in [0.25, 0.3) is 11.1 Å². The Morgan fingerprint density at radius 3 is 2.61 bits per heavy atom. The number of benzene rings is 1. The minimum Gasteiger partial charge on any atom is -0.305 e. The molecular formula is C16H12F2N4O. The number of anilines is 1. The van der Waals surface area contributed by atoms with E-state index in [0.29, 0.717) is 17.4 Å². The van der Waals surface area contributed by atoms with Gasteiger partial charge in [-0.1, -0.05) is 30.3 Å². The van der Waals surface area contributed by atoms with Crippen LogP contribution in [0.2, 0.25) is 0 Å². The van der Waals surface area contributed by atoms with Crippen molar-refractivity contribution in [3.63, 3.8) is 0 Å². The molecule has 3 rings (SSSR count). The van der Waals surface area contributed by atoms with E-state index in [4.69, 9.17) is 0 Å². The predicted octanol–water partition coefficient (Wildman–Crippen LogP) is 3.01. The van der Waals surface area contributed by atoms with Gasteiger partial charge >= 0.3 is 0 Å². The Balaban J connectivity index is 1.94. The third kappa shape index (κ3) is 2.94. The van der Waals surface area contributed by atoms with Gasteiger partial charge in [0.15, 0.2) is 11.5 Å². The van der Waals surface area contributed by atoms with Crippen molar-refractivity contribution in [2.24, 2.45) is 7.05 Å². The van der Waals surface area contributed by atoms with E-state index in [1.807, 2.05) is 30.3 Å². The van der Waals surface area contributed by atoms with E-state index in [1.165, 1.54) is 4.68 Å². The maximum absolute atomic E-state index is 13.7. The van der Waals surface area contributed by atoms with Gasteiger partial charge in [0.2, 0.25) is 0 Å². The second-order valence-electron chi connectivity index (χ2n) is 4.83. The summed E-state index contributed by atoms with van der Waals surface area (Å²) in [7, 11) is 1.65. The second kappa shape index (κ2) is 5.96. The van der Waals surface area contributed by atoms with Gasteiger partial charge in [-0.2, -0.15) is 5.10 Å². The average Bonchev–Trinajstić information content (AvgIpc) is 2.89. The molecule has 2 heterocycles. The first-order chi connectivity index (χ1) is 11.1. The second-order valence-corrected chi connectivity index (χ2v) is 4.83. The molecule has 0 saturated carbocycles. The number of nitrogens with one attached hydrogen (secondary N) is 1. The molecule has 0 spiro atoms. The normalized spacial score (nSPS) is 10.6. The molecule has 0 aliphatic rings. The first kappa shape index (κ1) is 14.8. The molecule has 0 aliphatic carbocycles. The zero-order valence-electron chi connectivity index (χ0n) is 12.1. The van der Waals surface area contributed by atoms with Gasteiger partial charge in [-0.25, -0.2) is 13.8 Å². The topological polar surface area (TPSA) is 59.8 Å². The van der Waals surface area contributed by atoms with Crippen molar-refractivity contribution in [3.05, 3.63) is 66.1 Å². The first-order valence-corrected chi connectivity index (χ1v) is 6.76. The van der Waals surface area contributed by atoms with Crippen molar-refractivity contribution in [2.45, 2.75) is 0 Å². The van der Waals surface area contributed by atoms with Crippen molar-refractivity contribution >= 4 is 11.7 Å². The zero-order chi connectivity index (χ0) is 16.4. The van der Waals surface area contributed by atoms with E-state index in [2.05, 4.69) is 15.4 Å². The van der Waals surface area contributed by atoms with Gasteiger partial charge in [0, 0.05) is 18.7 Å². The Hall–Kier alpha value is -3.09. The summed E-state index contributed by atoms with van der Waals surface area (Å²) in [6, 6.07) is 9.93. The number of rotatable bonds is 3. The van der Waals surface area contributed by atoms with Gasteiger partial charge in [0.25, 0.3) is 5.91 Å². The molecule has 0 bridgehead atoms. The minimum atomic E-state index is -1.02. The van der Waals surface area contributed by atoms with E-state index >= 15 is 0 Å². The molecule has 0 atom stereocenters. The lowest BCUT2D eigenvalue weighted by Gasteiger charge is -2.09. The Morgan fingerprint density at radius 1 is 1.17 bits per heavy atom. The Bertz CT molecular complexity index is 862. The van der Waals surface area contributed by atoms with Crippen molar-refractivity contribution < 1.29 is 13.6 Å². The largest absolute Gasteiger partial charge is 0.305 e. The van der Waals surface area contributed by atoms with Crippen LogP contribution in [0.3, 0.4) is 0 Å². The monoisotopic (exact) mass is 314 g/mol. The van der Waals surface area contributed by atoms with Crippen LogP contribution in [0.15, 0.2) is 48.8 Å². The molecule has 116 valence electrons. The number of aryl methyl sites for hydroxylation is 1. The highest BCUT2D eigenvalue weighted by molar-refractivity contribution is 6.04. The summed E-state index contributed by atoms with van der Waals surface area (Å²) in [5, 5.41) is 6.67. The lowest BCUT2D eigenvalue weighted by molar-refractivity contribution is 0.101. The van der Waals surface area contributed by atoms with Gasteiger partial charge in [-0.15, -0.1) is 0 Å². The molecule has 5 nitrogen and oxygen atoms in total. The van der Waals surface area contributed by atoms with Crippen molar-refractivity contribution in [3.8, 4) is 11.1 Å². The number of carbonyl (C=O) groups is 1. The molecule has 0 radical (unpaired) electrons. The minimum absolute atomic E-state index is 0.395. The highest BCUT2D eigenvalue weighted by atomic mass is 19.1. The average molecular weight is 314 g/mol. The van der Waals surface area contributed by atoms with Gasteiger partial charge in [-0.3, -0.25) is 9.48 Å². The summed E-state index contributed by atoms with van der Waals surface area (Å²) >= 11 is 0. The van der Waals surface area contributed by atoms with E-state index in [0.717, 1.165) is 11.8 Å². The van der Waals surface area contributed by atoms with Crippen molar-refractivity contribution in [2.75, 3.05) is 5.32 Å². The number of amides is 1. The predicted molar refractivity (Wildman–Crippen MR) is 80.8 cm³/mol. The lowest BCUT2D eigenvalue weighted by Crippen LogP contribution is -2.18. The van der Waals surface area contributed by atoms with Crippen LogP contribution in [0.5, 0.6) is 0 Å². The summed E-state index contributed by atoms with van der Waals surface area (Å²) in [6.45, 7) is 0. The van der Waals surface area contributed by atoms with Gasteiger partial charge in [0.05, 0.1) is 12.4 Å². The summed E-state index contributed by atoms with van der Waals surface area (Å²) in [5.41, 5.74) is 1.05. The molecule has 2 aromatic heterocycles. The maximum atomic E-state index is 13.7. The number of aromatic nitrogens is 3. The summed E-state index contributed by atoms with van der Waals surface area (Å²) in [5.74, 6) is -2.24. The van der Waals surface area contributed by atoms with Crippen LogP contribution in [0, 0.1) is 11.6 Å². The lowest BCUT2D eigenvalue weighted by atomic mass is 10.1. The Morgan fingerprint density at radius 2 is 1.91 bits per heavy atom. The van der Waals surface area contributed by atoms with Gasteiger partial charge in [0.1, 0.15) is 11.6 Å². The summed E-state index contributed by atoms with van der Waals surface area (Å²) in [6.07, 6.45) is 2.39. The quantitative estimate of drug-likeness (QED) is 0.808. The zero-order valence-corrected chi connectivity index (χ0v) is 12.1. The fourth-order valence-corrected chi connectivity index (χ4v) is 2.16. The van der Waals surface area contributed by atoms with Crippen LogP contribution in [-0.2, 0) is 7.05 Å². The van der Waals surface area contributed by atoms with Crippen molar-refractivity contribution in [1.82, 2.24) is 14.8 Å². The van der Waals surface area contributed by atoms with E-state index in [9.17, 15) is 13.6 Å². The molecule has 0 aliphatic heterocycles. The van der Waals surface area contributed by atoms with Gasteiger partial charge in [-0.05, 0) is 5.56 Å². The van der Waals surface area contributed by atoms with Crippen LogP contribution in [0.4, 0.5) is 14.6 Å². The standard InChI is InChI=1S/C16H12F2N4O/c1-22-15(12(9-20-22)10-5-3-2-4-6-10)21-16(23)14-13(18)7-11(17)8-19-14/h2-9H,1H3,(H,21,23). The fourth-order valence-electron chi connectivity index (χ4n) is 2.16. The number of halogens is 2. The SMILES string of the molecule is Cn1ncc(-c2ccccc2)c1NC(=O)c1ncc(F)cc1F. The Labute approximate surface area is 130 Å². The van der Waals surface area contributed by atoms with E-state index in [1.54, 1.807) is 13.2 Å². The molecule has 3 aromatic rings. The number of hydrogen-bond acceptors (Lipinski definition) is 3. The van der Waals surface area contributed by atoms with E-state index < -0.39 is 23.2 Å². The highest BCUT2D eigenvalue weighted by Crippen LogP contribution is 2.27. The molecule has 1 amide bonds. The summed E-state index contributed by atoms with van der Waals surface area (Å²) in [4.78, 5) is 15.7. The van der Waals surface area contributed by atoms with Crippen LogP contribution in [0.1, 0.15) is 10.5 Å². The molecule has 0 fully saturated rings. The number of carbonyl (C=O) groups excluding carboxylic acids is 1. The first-order valence-electron chi connectivity index (χ1n) is 6.76. The number of pyridine rings is 1. The molecule has 0 saturated heterocycles.